The third kappa shape index (κ3) is 2.71. The molecule has 4 rings (SSSR count). The minimum absolute atomic E-state index is 0.884. The summed E-state index contributed by atoms with van der Waals surface area (Å²) in [5.74, 6) is 0. The summed E-state index contributed by atoms with van der Waals surface area (Å²) >= 11 is 1.60. The summed E-state index contributed by atoms with van der Waals surface area (Å²) < 4.78 is 2.05. The molecule has 1 aromatic carbocycles. The van der Waals surface area contributed by atoms with Crippen LogP contribution in [0.15, 0.2) is 60.2 Å². The van der Waals surface area contributed by atoms with Crippen LogP contribution < -0.4 is 5.32 Å². The maximum absolute atomic E-state index is 4.69. The van der Waals surface area contributed by atoms with Crippen molar-refractivity contribution < 1.29 is 0 Å². The Morgan fingerprint density at radius 2 is 2.00 bits per heavy atom. The lowest BCUT2D eigenvalue weighted by Gasteiger charge is -2.03. The Hall–Kier alpha value is -2.66. The zero-order valence-corrected chi connectivity index (χ0v) is 13.5. The Morgan fingerprint density at radius 3 is 2.83 bits per heavy atom. The van der Waals surface area contributed by atoms with E-state index in [0.29, 0.717) is 0 Å². The van der Waals surface area contributed by atoms with Crippen LogP contribution in [0, 0.1) is 0 Å². The quantitative estimate of drug-likeness (QED) is 0.589. The molecule has 0 aliphatic heterocycles. The Bertz CT molecular complexity index is 937. The highest BCUT2D eigenvalue weighted by Gasteiger charge is 2.09. The van der Waals surface area contributed by atoms with Gasteiger partial charge in [0.1, 0.15) is 11.3 Å². The Morgan fingerprint density at radius 1 is 1.13 bits per heavy atom. The topological polar surface area (TPSA) is 42.2 Å². The van der Waals surface area contributed by atoms with Crippen molar-refractivity contribution in [2.75, 3.05) is 5.32 Å². The van der Waals surface area contributed by atoms with E-state index < -0.39 is 0 Å². The van der Waals surface area contributed by atoms with Gasteiger partial charge in [-0.05, 0) is 36.2 Å². The van der Waals surface area contributed by atoms with Crippen molar-refractivity contribution in [3.05, 3.63) is 65.8 Å². The van der Waals surface area contributed by atoms with Crippen molar-refractivity contribution in [1.29, 1.82) is 0 Å². The molecule has 0 radical (unpaired) electrons. The Kier molecular flexibility index (Phi) is 3.55. The Balaban J connectivity index is 1.61. The third-order valence-corrected chi connectivity index (χ3v) is 4.55. The van der Waals surface area contributed by atoms with Crippen LogP contribution in [0.5, 0.6) is 0 Å². The average Bonchev–Trinajstić information content (AvgIpc) is 3.22. The fourth-order valence-corrected chi connectivity index (χ4v) is 3.24. The van der Waals surface area contributed by atoms with Gasteiger partial charge in [-0.2, -0.15) is 0 Å². The number of aromatic nitrogens is 3. The summed E-state index contributed by atoms with van der Waals surface area (Å²) in [6.07, 6.45) is 4.92. The van der Waals surface area contributed by atoms with Gasteiger partial charge in [-0.3, -0.25) is 4.40 Å². The minimum atomic E-state index is 0.884. The first-order valence-electron chi connectivity index (χ1n) is 7.57. The molecule has 0 aliphatic carbocycles. The summed E-state index contributed by atoms with van der Waals surface area (Å²) in [6.45, 7) is 2.16. The van der Waals surface area contributed by atoms with E-state index in [9.17, 15) is 0 Å². The predicted octanol–water partition coefficient (Wildman–Crippen LogP) is 4.76. The molecular formula is C18H16N4S. The number of rotatable bonds is 4. The van der Waals surface area contributed by atoms with E-state index >= 15 is 0 Å². The monoisotopic (exact) mass is 320 g/mol. The average molecular weight is 320 g/mol. The fourth-order valence-electron chi connectivity index (χ4n) is 2.52. The first-order chi connectivity index (χ1) is 11.3. The van der Waals surface area contributed by atoms with E-state index in [1.807, 2.05) is 30.6 Å². The molecule has 3 aromatic heterocycles. The Labute approximate surface area is 138 Å². The number of thiazole rings is 1. The second-order valence-corrected chi connectivity index (χ2v) is 6.14. The summed E-state index contributed by atoms with van der Waals surface area (Å²) in [5, 5.41) is 6.30. The van der Waals surface area contributed by atoms with Gasteiger partial charge in [0.2, 0.25) is 0 Å². The third-order valence-electron chi connectivity index (χ3n) is 3.80. The summed E-state index contributed by atoms with van der Waals surface area (Å²) in [6, 6.07) is 14.4. The van der Waals surface area contributed by atoms with Gasteiger partial charge in [0.25, 0.3) is 0 Å². The maximum atomic E-state index is 4.69. The molecule has 0 aliphatic rings. The SMILES string of the molecule is CCc1ccc(Nc2nc(-c3cnc4ccccn34)cs2)cc1. The van der Waals surface area contributed by atoms with Gasteiger partial charge in [0.05, 0.1) is 11.9 Å². The molecular weight excluding hydrogens is 304 g/mol. The molecule has 0 spiro atoms. The first-order valence-corrected chi connectivity index (χ1v) is 8.45. The smallest absolute Gasteiger partial charge is 0.187 e. The van der Waals surface area contributed by atoms with Gasteiger partial charge in [0.15, 0.2) is 5.13 Å². The summed E-state index contributed by atoms with van der Waals surface area (Å²) in [7, 11) is 0. The zero-order chi connectivity index (χ0) is 15.6. The number of fused-ring (bicyclic) bond motifs is 1. The van der Waals surface area contributed by atoms with Gasteiger partial charge in [0, 0.05) is 17.3 Å². The number of aryl methyl sites for hydroxylation is 1. The van der Waals surface area contributed by atoms with Crippen LogP contribution in [0.3, 0.4) is 0 Å². The highest BCUT2D eigenvalue weighted by molar-refractivity contribution is 7.14. The number of anilines is 2. The molecule has 4 nitrogen and oxygen atoms in total. The van der Waals surface area contributed by atoms with Crippen molar-refractivity contribution in [3.63, 3.8) is 0 Å². The van der Waals surface area contributed by atoms with Crippen LogP contribution in [0.4, 0.5) is 10.8 Å². The highest BCUT2D eigenvalue weighted by Crippen LogP contribution is 2.27. The van der Waals surface area contributed by atoms with E-state index in [1.165, 1.54) is 5.56 Å². The van der Waals surface area contributed by atoms with Crippen LogP contribution in [-0.4, -0.2) is 14.4 Å². The van der Waals surface area contributed by atoms with Gasteiger partial charge < -0.3 is 5.32 Å². The lowest BCUT2D eigenvalue weighted by molar-refractivity contribution is 1.14. The molecule has 0 saturated heterocycles. The van der Waals surface area contributed by atoms with Gasteiger partial charge >= 0.3 is 0 Å². The van der Waals surface area contributed by atoms with Crippen molar-refractivity contribution >= 4 is 27.8 Å². The van der Waals surface area contributed by atoms with E-state index in [-0.39, 0.29) is 0 Å². The normalized spacial score (nSPS) is 11.0. The van der Waals surface area contributed by atoms with Gasteiger partial charge in [-0.15, -0.1) is 11.3 Å². The number of hydrogen-bond acceptors (Lipinski definition) is 4. The molecule has 0 fully saturated rings. The maximum Gasteiger partial charge on any atom is 0.187 e. The molecule has 4 aromatic rings. The number of hydrogen-bond donors (Lipinski definition) is 1. The molecule has 23 heavy (non-hydrogen) atoms. The van der Waals surface area contributed by atoms with Crippen molar-refractivity contribution in [2.24, 2.45) is 0 Å². The number of nitrogens with zero attached hydrogens (tertiary/aromatic N) is 3. The number of imidazole rings is 1. The molecule has 114 valence electrons. The van der Waals surface area contributed by atoms with E-state index in [4.69, 9.17) is 0 Å². The fraction of sp³-hybridized carbons (Fsp3) is 0.111. The second kappa shape index (κ2) is 5.85. The van der Waals surface area contributed by atoms with Crippen molar-refractivity contribution in [3.8, 4) is 11.4 Å². The van der Waals surface area contributed by atoms with E-state index in [2.05, 4.69) is 56.3 Å². The van der Waals surface area contributed by atoms with Crippen LogP contribution in [0.2, 0.25) is 0 Å². The van der Waals surface area contributed by atoms with Crippen LogP contribution in [-0.2, 0) is 6.42 Å². The summed E-state index contributed by atoms with van der Waals surface area (Å²) in [4.78, 5) is 9.10. The number of nitrogens with one attached hydrogen (secondary N) is 1. The van der Waals surface area contributed by atoms with E-state index in [0.717, 1.165) is 34.3 Å². The second-order valence-electron chi connectivity index (χ2n) is 5.29. The minimum Gasteiger partial charge on any atom is -0.332 e. The molecule has 3 heterocycles. The van der Waals surface area contributed by atoms with Crippen molar-refractivity contribution in [1.82, 2.24) is 14.4 Å². The van der Waals surface area contributed by atoms with E-state index in [1.54, 1.807) is 11.3 Å². The standard InChI is InChI=1S/C18H16N4S/c1-2-13-6-8-14(9-7-13)20-18-21-15(12-23-18)16-11-19-17-5-3-4-10-22(16)17/h3-12H,2H2,1H3,(H,20,21). The molecule has 0 saturated carbocycles. The van der Waals surface area contributed by atoms with Gasteiger partial charge in [-0.1, -0.05) is 25.1 Å². The van der Waals surface area contributed by atoms with Gasteiger partial charge in [-0.25, -0.2) is 9.97 Å². The molecule has 0 atom stereocenters. The van der Waals surface area contributed by atoms with Crippen LogP contribution in [0.1, 0.15) is 12.5 Å². The van der Waals surface area contributed by atoms with Crippen molar-refractivity contribution in [2.45, 2.75) is 13.3 Å². The number of benzene rings is 1. The zero-order valence-electron chi connectivity index (χ0n) is 12.7. The predicted molar refractivity (Wildman–Crippen MR) is 95.4 cm³/mol. The van der Waals surface area contributed by atoms with Crippen LogP contribution >= 0.6 is 11.3 Å². The first kappa shape index (κ1) is 14.0. The molecule has 0 bridgehead atoms. The lowest BCUT2D eigenvalue weighted by atomic mass is 10.1. The largest absolute Gasteiger partial charge is 0.332 e. The highest BCUT2D eigenvalue weighted by atomic mass is 32.1. The summed E-state index contributed by atoms with van der Waals surface area (Å²) in [5.41, 5.74) is 5.26. The number of pyridine rings is 1. The molecule has 0 unspecified atom stereocenters. The van der Waals surface area contributed by atoms with Crippen LogP contribution in [0.25, 0.3) is 17.0 Å². The lowest BCUT2D eigenvalue weighted by Crippen LogP contribution is -1.91. The molecule has 0 amide bonds. The molecule has 1 N–H and O–H groups in total. The molecule has 5 heteroatoms.